The van der Waals surface area contributed by atoms with Crippen molar-refractivity contribution < 1.29 is 14.6 Å². The number of nitrogen functional groups attached to an aromatic ring is 1. The predicted octanol–water partition coefficient (Wildman–Crippen LogP) is 2.98. The lowest BCUT2D eigenvalue weighted by Gasteiger charge is -2.08. The van der Waals surface area contributed by atoms with Gasteiger partial charge in [0.1, 0.15) is 17.9 Å². The molecule has 2 aromatic carbocycles. The molecular formula is C14H12ClNO3. The summed E-state index contributed by atoms with van der Waals surface area (Å²) in [6.45, 7) is 0.0396. The molecule has 0 saturated carbocycles. The molecule has 4 nitrogen and oxygen atoms in total. The van der Waals surface area contributed by atoms with Crippen LogP contribution in [0.25, 0.3) is 0 Å². The normalized spacial score (nSPS) is 10.2. The maximum atomic E-state index is 11.9. The number of anilines is 1. The van der Waals surface area contributed by atoms with Crippen LogP contribution in [0.4, 0.5) is 5.69 Å². The first-order valence-corrected chi connectivity index (χ1v) is 5.95. The van der Waals surface area contributed by atoms with E-state index in [-0.39, 0.29) is 28.6 Å². The highest BCUT2D eigenvalue weighted by Gasteiger charge is 2.15. The monoisotopic (exact) mass is 277 g/mol. The van der Waals surface area contributed by atoms with Gasteiger partial charge in [-0.3, -0.25) is 0 Å². The van der Waals surface area contributed by atoms with Crippen LogP contribution in [-0.4, -0.2) is 11.1 Å². The number of carbonyl (C=O) groups is 1. The number of phenolic OH excluding ortho intramolecular Hbond substituents is 1. The zero-order chi connectivity index (χ0) is 13.8. The van der Waals surface area contributed by atoms with Gasteiger partial charge in [-0.2, -0.15) is 0 Å². The predicted molar refractivity (Wildman–Crippen MR) is 73.1 cm³/mol. The fraction of sp³-hybridized carbons (Fsp3) is 0.0714. The summed E-state index contributed by atoms with van der Waals surface area (Å²) in [4.78, 5) is 11.9. The maximum Gasteiger partial charge on any atom is 0.342 e. The summed E-state index contributed by atoms with van der Waals surface area (Å²) in [7, 11) is 0. The molecule has 19 heavy (non-hydrogen) atoms. The molecule has 0 aliphatic carbocycles. The fourth-order valence-electron chi connectivity index (χ4n) is 1.62. The van der Waals surface area contributed by atoms with Crippen molar-refractivity contribution in [2.75, 3.05) is 5.73 Å². The Balaban J connectivity index is 2.10. The molecule has 0 bridgehead atoms. The number of hydrogen-bond donors (Lipinski definition) is 2. The third-order valence-corrected chi connectivity index (χ3v) is 2.85. The van der Waals surface area contributed by atoms with Gasteiger partial charge in [0.2, 0.25) is 0 Å². The standard InChI is InChI=1S/C14H12ClNO3/c15-11-5-2-6-12(16)13(11)14(18)19-8-9-3-1-4-10(17)7-9/h1-7,17H,8,16H2. The van der Waals surface area contributed by atoms with Crippen LogP contribution < -0.4 is 5.73 Å². The number of ether oxygens (including phenoxy) is 1. The van der Waals surface area contributed by atoms with E-state index < -0.39 is 5.97 Å². The molecular weight excluding hydrogens is 266 g/mol. The molecule has 0 fully saturated rings. The first kappa shape index (κ1) is 13.2. The number of benzene rings is 2. The number of hydrogen-bond acceptors (Lipinski definition) is 4. The molecule has 0 spiro atoms. The SMILES string of the molecule is Nc1cccc(Cl)c1C(=O)OCc1cccc(O)c1. The summed E-state index contributed by atoms with van der Waals surface area (Å²) in [5, 5.41) is 9.55. The van der Waals surface area contributed by atoms with E-state index in [2.05, 4.69) is 0 Å². The summed E-state index contributed by atoms with van der Waals surface area (Å²) in [5.41, 5.74) is 6.80. The van der Waals surface area contributed by atoms with Crippen molar-refractivity contribution >= 4 is 23.3 Å². The van der Waals surface area contributed by atoms with E-state index in [4.69, 9.17) is 22.1 Å². The third kappa shape index (κ3) is 3.17. The molecule has 0 amide bonds. The van der Waals surface area contributed by atoms with Crippen LogP contribution in [-0.2, 0) is 11.3 Å². The topological polar surface area (TPSA) is 72.6 Å². The fourth-order valence-corrected chi connectivity index (χ4v) is 1.88. The molecule has 5 heteroatoms. The molecule has 0 radical (unpaired) electrons. The highest BCUT2D eigenvalue weighted by Crippen LogP contribution is 2.23. The lowest BCUT2D eigenvalue weighted by Crippen LogP contribution is -2.09. The van der Waals surface area contributed by atoms with E-state index in [0.29, 0.717) is 5.56 Å². The summed E-state index contributed by atoms with van der Waals surface area (Å²) in [6, 6.07) is 11.3. The van der Waals surface area contributed by atoms with Gasteiger partial charge in [0.25, 0.3) is 0 Å². The molecule has 2 aromatic rings. The minimum absolute atomic E-state index is 0.0396. The quantitative estimate of drug-likeness (QED) is 0.668. The number of phenols is 1. The largest absolute Gasteiger partial charge is 0.508 e. The molecule has 2 rings (SSSR count). The van der Waals surface area contributed by atoms with Crippen molar-refractivity contribution in [3.8, 4) is 5.75 Å². The minimum atomic E-state index is -0.591. The first-order chi connectivity index (χ1) is 9.08. The Labute approximate surface area is 115 Å². The molecule has 0 saturated heterocycles. The van der Waals surface area contributed by atoms with Crippen molar-refractivity contribution in [3.05, 3.63) is 58.6 Å². The van der Waals surface area contributed by atoms with Crippen LogP contribution in [0.3, 0.4) is 0 Å². The Morgan fingerprint density at radius 1 is 1.26 bits per heavy atom. The zero-order valence-corrected chi connectivity index (χ0v) is 10.7. The highest BCUT2D eigenvalue weighted by molar-refractivity contribution is 6.34. The Hall–Kier alpha value is -2.20. The van der Waals surface area contributed by atoms with Crippen molar-refractivity contribution in [1.82, 2.24) is 0 Å². The molecule has 0 aliphatic heterocycles. The molecule has 0 heterocycles. The number of halogens is 1. The second-order valence-electron chi connectivity index (χ2n) is 3.95. The third-order valence-electron chi connectivity index (χ3n) is 2.53. The number of rotatable bonds is 3. The zero-order valence-electron chi connectivity index (χ0n) is 9.97. The van der Waals surface area contributed by atoms with Gasteiger partial charge in [-0.25, -0.2) is 4.79 Å². The molecule has 0 aliphatic rings. The van der Waals surface area contributed by atoms with E-state index in [1.165, 1.54) is 12.1 Å². The molecule has 0 unspecified atom stereocenters. The van der Waals surface area contributed by atoms with Gasteiger partial charge in [0.05, 0.1) is 5.02 Å². The van der Waals surface area contributed by atoms with Gasteiger partial charge >= 0.3 is 5.97 Å². The van der Waals surface area contributed by atoms with Crippen LogP contribution in [0.2, 0.25) is 5.02 Å². The Bertz CT molecular complexity index is 593. The lowest BCUT2D eigenvalue weighted by atomic mass is 10.2. The van der Waals surface area contributed by atoms with Crippen LogP contribution in [0.1, 0.15) is 15.9 Å². The molecule has 98 valence electrons. The Morgan fingerprint density at radius 2 is 2.00 bits per heavy atom. The molecule has 3 N–H and O–H groups in total. The van der Waals surface area contributed by atoms with Gasteiger partial charge in [-0.1, -0.05) is 29.8 Å². The Morgan fingerprint density at radius 3 is 2.68 bits per heavy atom. The summed E-state index contributed by atoms with van der Waals surface area (Å²) < 4.78 is 5.12. The van der Waals surface area contributed by atoms with Gasteiger partial charge < -0.3 is 15.6 Å². The smallest absolute Gasteiger partial charge is 0.342 e. The van der Waals surface area contributed by atoms with Gasteiger partial charge in [0.15, 0.2) is 0 Å². The van der Waals surface area contributed by atoms with Crippen LogP contribution in [0.5, 0.6) is 5.75 Å². The minimum Gasteiger partial charge on any atom is -0.508 e. The maximum absolute atomic E-state index is 11.9. The average Bonchev–Trinajstić information content (AvgIpc) is 2.36. The number of nitrogens with two attached hydrogens (primary N) is 1. The van der Waals surface area contributed by atoms with E-state index in [9.17, 15) is 9.90 Å². The lowest BCUT2D eigenvalue weighted by molar-refractivity contribution is 0.0474. The number of aromatic hydroxyl groups is 1. The summed E-state index contributed by atoms with van der Waals surface area (Å²) >= 11 is 5.91. The van der Waals surface area contributed by atoms with Crippen LogP contribution in [0.15, 0.2) is 42.5 Å². The van der Waals surface area contributed by atoms with E-state index in [0.717, 1.165) is 0 Å². The number of esters is 1. The van der Waals surface area contributed by atoms with Gasteiger partial charge in [-0.05, 0) is 29.8 Å². The first-order valence-electron chi connectivity index (χ1n) is 5.57. The number of carbonyl (C=O) groups excluding carboxylic acids is 1. The van der Waals surface area contributed by atoms with Gasteiger partial charge in [0, 0.05) is 5.69 Å². The second-order valence-corrected chi connectivity index (χ2v) is 4.36. The van der Waals surface area contributed by atoms with E-state index >= 15 is 0 Å². The van der Waals surface area contributed by atoms with Gasteiger partial charge in [-0.15, -0.1) is 0 Å². The highest BCUT2D eigenvalue weighted by atomic mass is 35.5. The molecule has 0 atom stereocenters. The van der Waals surface area contributed by atoms with Crippen LogP contribution >= 0.6 is 11.6 Å². The van der Waals surface area contributed by atoms with Crippen molar-refractivity contribution in [2.45, 2.75) is 6.61 Å². The van der Waals surface area contributed by atoms with Crippen molar-refractivity contribution in [2.24, 2.45) is 0 Å². The van der Waals surface area contributed by atoms with Crippen LogP contribution in [0, 0.1) is 0 Å². The summed E-state index contributed by atoms with van der Waals surface area (Å²) in [5.74, 6) is -0.475. The van der Waals surface area contributed by atoms with Crippen molar-refractivity contribution in [1.29, 1.82) is 0 Å². The summed E-state index contributed by atoms with van der Waals surface area (Å²) in [6.07, 6.45) is 0. The van der Waals surface area contributed by atoms with Crippen molar-refractivity contribution in [3.63, 3.8) is 0 Å². The Kier molecular flexibility index (Phi) is 3.92. The average molecular weight is 278 g/mol. The molecule has 0 aromatic heterocycles. The van der Waals surface area contributed by atoms with E-state index in [1.807, 2.05) is 0 Å². The van der Waals surface area contributed by atoms with E-state index in [1.54, 1.807) is 30.3 Å². The second kappa shape index (κ2) is 5.63.